The van der Waals surface area contributed by atoms with Gasteiger partial charge in [-0.25, -0.2) is 13.4 Å². The average Bonchev–Trinajstić information content (AvgIpc) is 2.43. The number of halogens is 1. The highest BCUT2D eigenvalue weighted by Gasteiger charge is 2.15. The maximum Gasteiger partial charge on any atom is 0.280 e. The van der Waals surface area contributed by atoms with E-state index in [0.29, 0.717) is 12.4 Å². The van der Waals surface area contributed by atoms with Crippen molar-refractivity contribution in [3.05, 3.63) is 24.2 Å². The monoisotopic (exact) mass is 234 g/mol. The minimum atomic E-state index is -3.71. The summed E-state index contributed by atoms with van der Waals surface area (Å²) >= 11 is 0. The molecule has 0 aliphatic heterocycles. The van der Waals surface area contributed by atoms with Crippen molar-refractivity contribution < 1.29 is 8.42 Å². The van der Waals surface area contributed by atoms with Gasteiger partial charge in [0.05, 0.1) is 0 Å². The van der Waals surface area contributed by atoms with Gasteiger partial charge in [0.25, 0.3) is 9.05 Å². The van der Waals surface area contributed by atoms with Crippen LogP contribution in [0.3, 0.4) is 0 Å². The summed E-state index contributed by atoms with van der Waals surface area (Å²) in [5.41, 5.74) is 0. The van der Waals surface area contributed by atoms with Crippen molar-refractivity contribution in [1.29, 1.82) is 0 Å². The molecular formula is C8H11ClN2O2S. The minimum absolute atomic E-state index is 0.0961. The standard InChI is InChI=1S/C8H11ClN2O2S/c1-3-4-5-11-6-8(10-7(11)2)14(9,12)13/h3-4,6H,5H2,1-2H3/b4-3+. The number of aryl methyl sites for hydroxylation is 1. The Hall–Kier alpha value is -0.810. The molecule has 0 atom stereocenters. The van der Waals surface area contributed by atoms with Gasteiger partial charge in [0.15, 0.2) is 5.03 Å². The molecule has 0 fully saturated rings. The smallest absolute Gasteiger partial charge is 0.280 e. The van der Waals surface area contributed by atoms with Crippen LogP contribution in [0.15, 0.2) is 23.4 Å². The van der Waals surface area contributed by atoms with Crippen molar-refractivity contribution >= 4 is 19.7 Å². The Kier molecular flexibility index (Phi) is 3.34. The summed E-state index contributed by atoms with van der Waals surface area (Å²) < 4.78 is 23.6. The average molecular weight is 235 g/mol. The molecule has 0 bridgehead atoms. The van der Waals surface area contributed by atoms with Gasteiger partial charge in [-0.2, -0.15) is 0 Å². The molecular weight excluding hydrogens is 224 g/mol. The summed E-state index contributed by atoms with van der Waals surface area (Å²) in [5.74, 6) is 0.627. The third-order valence-electron chi connectivity index (χ3n) is 1.74. The van der Waals surface area contributed by atoms with Gasteiger partial charge in [-0.15, -0.1) is 0 Å². The highest BCUT2D eigenvalue weighted by Crippen LogP contribution is 2.13. The molecule has 6 heteroatoms. The van der Waals surface area contributed by atoms with Crippen molar-refractivity contribution in [1.82, 2.24) is 9.55 Å². The Morgan fingerprint density at radius 3 is 2.71 bits per heavy atom. The normalized spacial score (nSPS) is 12.5. The lowest BCUT2D eigenvalue weighted by Crippen LogP contribution is -1.95. The molecule has 0 aliphatic rings. The van der Waals surface area contributed by atoms with Crippen LogP contribution in [0.5, 0.6) is 0 Å². The molecule has 14 heavy (non-hydrogen) atoms. The maximum atomic E-state index is 10.9. The fourth-order valence-corrected chi connectivity index (χ4v) is 1.72. The van der Waals surface area contributed by atoms with E-state index in [4.69, 9.17) is 10.7 Å². The number of allylic oxidation sites excluding steroid dienone is 2. The van der Waals surface area contributed by atoms with E-state index in [1.807, 2.05) is 19.1 Å². The molecule has 1 aromatic heterocycles. The first-order valence-electron chi connectivity index (χ1n) is 4.04. The fraction of sp³-hybridized carbons (Fsp3) is 0.375. The summed E-state index contributed by atoms with van der Waals surface area (Å²) in [6, 6.07) is 0. The topological polar surface area (TPSA) is 52.0 Å². The van der Waals surface area contributed by atoms with Crippen LogP contribution in [0.2, 0.25) is 0 Å². The van der Waals surface area contributed by atoms with E-state index >= 15 is 0 Å². The largest absolute Gasteiger partial charge is 0.330 e. The second-order valence-corrected chi connectivity index (χ2v) is 5.30. The second-order valence-electron chi connectivity index (χ2n) is 2.79. The molecule has 78 valence electrons. The zero-order valence-electron chi connectivity index (χ0n) is 7.94. The predicted molar refractivity (Wildman–Crippen MR) is 54.8 cm³/mol. The lowest BCUT2D eigenvalue weighted by molar-refractivity contribution is 0.606. The Balaban J connectivity index is 3.05. The highest BCUT2D eigenvalue weighted by molar-refractivity contribution is 8.13. The third-order valence-corrected chi connectivity index (χ3v) is 2.91. The Morgan fingerprint density at radius 2 is 2.29 bits per heavy atom. The predicted octanol–water partition coefficient (Wildman–Crippen LogP) is 1.70. The molecule has 0 spiro atoms. The van der Waals surface area contributed by atoms with Crippen LogP contribution in [-0.2, 0) is 15.6 Å². The molecule has 0 aliphatic carbocycles. The van der Waals surface area contributed by atoms with Crippen LogP contribution in [0.25, 0.3) is 0 Å². The first-order valence-corrected chi connectivity index (χ1v) is 6.35. The first-order chi connectivity index (χ1) is 6.45. The number of nitrogens with zero attached hydrogens (tertiary/aromatic N) is 2. The van der Waals surface area contributed by atoms with E-state index < -0.39 is 9.05 Å². The molecule has 0 unspecified atom stereocenters. The van der Waals surface area contributed by atoms with Gasteiger partial charge in [0.1, 0.15) is 5.82 Å². The fourth-order valence-electron chi connectivity index (χ4n) is 1.00. The van der Waals surface area contributed by atoms with Crippen LogP contribution in [-0.4, -0.2) is 18.0 Å². The molecule has 0 N–H and O–H groups in total. The summed E-state index contributed by atoms with van der Waals surface area (Å²) in [4.78, 5) is 3.84. The summed E-state index contributed by atoms with van der Waals surface area (Å²) in [6.07, 6.45) is 5.21. The van der Waals surface area contributed by atoms with Crippen LogP contribution in [0, 0.1) is 6.92 Å². The summed E-state index contributed by atoms with van der Waals surface area (Å²) in [5, 5.41) is -0.0961. The van der Waals surface area contributed by atoms with Gasteiger partial charge < -0.3 is 4.57 Å². The lowest BCUT2D eigenvalue weighted by atomic mass is 10.5. The van der Waals surface area contributed by atoms with E-state index in [1.54, 1.807) is 11.5 Å². The van der Waals surface area contributed by atoms with Crippen LogP contribution < -0.4 is 0 Å². The zero-order chi connectivity index (χ0) is 10.8. The van der Waals surface area contributed by atoms with Gasteiger partial charge in [0.2, 0.25) is 0 Å². The number of imidazole rings is 1. The van der Waals surface area contributed by atoms with Gasteiger partial charge in [-0.3, -0.25) is 0 Å². The lowest BCUT2D eigenvalue weighted by Gasteiger charge is -1.97. The van der Waals surface area contributed by atoms with Crippen LogP contribution in [0.4, 0.5) is 0 Å². The van der Waals surface area contributed by atoms with Gasteiger partial charge in [-0.1, -0.05) is 12.2 Å². The van der Waals surface area contributed by atoms with E-state index in [0.717, 1.165) is 0 Å². The number of hydrogen-bond donors (Lipinski definition) is 0. The Morgan fingerprint density at radius 1 is 1.64 bits per heavy atom. The number of aromatic nitrogens is 2. The Bertz CT molecular complexity index is 448. The molecule has 0 saturated carbocycles. The maximum absolute atomic E-state index is 10.9. The Labute approximate surface area is 87.6 Å². The zero-order valence-corrected chi connectivity index (χ0v) is 9.51. The molecule has 1 rings (SSSR count). The number of hydrogen-bond acceptors (Lipinski definition) is 3. The molecule has 1 aromatic rings. The molecule has 0 amide bonds. The van der Waals surface area contributed by atoms with Gasteiger partial charge in [-0.05, 0) is 13.8 Å². The van der Waals surface area contributed by atoms with E-state index in [1.165, 1.54) is 6.20 Å². The van der Waals surface area contributed by atoms with Crippen molar-refractivity contribution in [3.8, 4) is 0 Å². The van der Waals surface area contributed by atoms with Crippen molar-refractivity contribution in [2.75, 3.05) is 0 Å². The van der Waals surface area contributed by atoms with E-state index in [9.17, 15) is 8.42 Å². The molecule has 0 saturated heterocycles. The second kappa shape index (κ2) is 4.14. The quantitative estimate of drug-likeness (QED) is 0.591. The molecule has 1 heterocycles. The van der Waals surface area contributed by atoms with E-state index in [2.05, 4.69) is 4.98 Å². The van der Waals surface area contributed by atoms with Gasteiger partial charge >= 0.3 is 0 Å². The van der Waals surface area contributed by atoms with Crippen molar-refractivity contribution in [2.24, 2.45) is 0 Å². The summed E-state index contributed by atoms with van der Waals surface area (Å²) in [6.45, 7) is 4.22. The number of rotatable bonds is 3. The SMILES string of the molecule is C/C=C/Cn1cc(S(=O)(=O)Cl)nc1C. The molecule has 0 radical (unpaired) electrons. The van der Waals surface area contributed by atoms with Gasteiger partial charge in [0, 0.05) is 23.4 Å². The minimum Gasteiger partial charge on any atom is -0.330 e. The van der Waals surface area contributed by atoms with E-state index in [-0.39, 0.29) is 5.03 Å². The van der Waals surface area contributed by atoms with Crippen LogP contribution >= 0.6 is 10.7 Å². The van der Waals surface area contributed by atoms with Crippen molar-refractivity contribution in [3.63, 3.8) is 0 Å². The highest BCUT2D eigenvalue weighted by atomic mass is 35.7. The molecule has 4 nitrogen and oxygen atoms in total. The van der Waals surface area contributed by atoms with Crippen LogP contribution in [0.1, 0.15) is 12.7 Å². The first kappa shape index (κ1) is 11.3. The summed E-state index contributed by atoms with van der Waals surface area (Å²) in [7, 11) is 1.44. The molecule has 0 aromatic carbocycles. The van der Waals surface area contributed by atoms with Crippen molar-refractivity contribution in [2.45, 2.75) is 25.4 Å². The third kappa shape index (κ3) is 2.59.